The maximum Gasteiger partial charge on any atom is 0.0210 e. The lowest BCUT2D eigenvalue weighted by Gasteiger charge is -2.18. The molecule has 0 bridgehead atoms. The lowest BCUT2D eigenvalue weighted by Crippen LogP contribution is -2.28. The summed E-state index contributed by atoms with van der Waals surface area (Å²) < 4.78 is 0. The predicted octanol–water partition coefficient (Wildman–Crippen LogP) is 3.26. The zero-order valence-corrected chi connectivity index (χ0v) is 12.3. The number of hydrogen-bond acceptors (Lipinski definition) is 2. The van der Waals surface area contributed by atoms with Crippen molar-refractivity contribution in [2.75, 3.05) is 13.6 Å². The average Bonchev–Trinajstić information content (AvgIpc) is 2.72. The highest BCUT2D eigenvalue weighted by Crippen LogP contribution is 2.18. The molecule has 1 aliphatic rings. The topological polar surface area (TPSA) is 24.1 Å². The van der Waals surface area contributed by atoms with E-state index in [0.717, 1.165) is 25.6 Å². The van der Waals surface area contributed by atoms with Gasteiger partial charge in [-0.1, -0.05) is 49.9 Å². The summed E-state index contributed by atoms with van der Waals surface area (Å²) in [4.78, 5) is 0. The van der Waals surface area contributed by atoms with Crippen molar-refractivity contribution in [2.24, 2.45) is 0 Å². The smallest absolute Gasteiger partial charge is 0.0210 e. The van der Waals surface area contributed by atoms with E-state index < -0.39 is 0 Å². The van der Waals surface area contributed by atoms with Crippen molar-refractivity contribution in [1.29, 1.82) is 0 Å². The Morgan fingerprint density at radius 3 is 2.37 bits per heavy atom. The van der Waals surface area contributed by atoms with Gasteiger partial charge in [0.25, 0.3) is 0 Å². The zero-order chi connectivity index (χ0) is 13.3. The molecule has 0 saturated heterocycles. The Labute approximate surface area is 118 Å². The van der Waals surface area contributed by atoms with Gasteiger partial charge in [0.2, 0.25) is 0 Å². The third-order valence-corrected chi connectivity index (χ3v) is 4.20. The van der Waals surface area contributed by atoms with Crippen molar-refractivity contribution < 1.29 is 0 Å². The van der Waals surface area contributed by atoms with E-state index in [-0.39, 0.29) is 0 Å². The van der Waals surface area contributed by atoms with Crippen LogP contribution in [0.2, 0.25) is 0 Å². The number of nitrogens with one attached hydrogen (secondary N) is 2. The van der Waals surface area contributed by atoms with E-state index in [1.54, 1.807) is 0 Å². The number of rotatable bonds is 6. The van der Waals surface area contributed by atoms with Crippen molar-refractivity contribution in [3.63, 3.8) is 0 Å². The van der Waals surface area contributed by atoms with Gasteiger partial charge in [0, 0.05) is 12.6 Å². The molecule has 2 rings (SSSR count). The highest BCUT2D eigenvalue weighted by Gasteiger charge is 2.11. The van der Waals surface area contributed by atoms with Gasteiger partial charge >= 0.3 is 0 Å². The summed E-state index contributed by atoms with van der Waals surface area (Å²) >= 11 is 0. The molecular weight excluding hydrogens is 232 g/mol. The van der Waals surface area contributed by atoms with Crippen LogP contribution in [0, 0.1) is 0 Å². The molecule has 1 saturated carbocycles. The lowest BCUT2D eigenvalue weighted by atomic mass is 10.0. The van der Waals surface area contributed by atoms with Crippen LogP contribution in [0.3, 0.4) is 0 Å². The molecule has 0 unspecified atom stereocenters. The van der Waals surface area contributed by atoms with Crippen LogP contribution in [0.15, 0.2) is 24.3 Å². The van der Waals surface area contributed by atoms with Crippen LogP contribution < -0.4 is 10.6 Å². The fourth-order valence-corrected chi connectivity index (χ4v) is 2.97. The van der Waals surface area contributed by atoms with Gasteiger partial charge in [-0.15, -0.1) is 0 Å². The molecule has 0 aromatic heterocycles. The summed E-state index contributed by atoms with van der Waals surface area (Å²) in [5, 5.41) is 7.01. The molecule has 1 aromatic rings. The molecule has 1 aromatic carbocycles. The molecule has 106 valence electrons. The normalized spacial score (nSPS) is 17.3. The van der Waals surface area contributed by atoms with E-state index in [4.69, 9.17) is 0 Å². The first-order chi connectivity index (χ1) is 9.40. The molecule has 1 aliphatic carbocycles. The number of hydrogen-bond donors (Lipinski definition) is 2. The minimum absolute atomic E-state index is 0.736. The first kappa shape index (κ1) is 14.5. The van der Waals surface area contributed by atoms with Crippen LogP contribution >= 0.6 is 0 Å². The molecule has 0 amide bonds. The SMILES string of the molecule is CNCCc1ccccc1CNC1CCCCCC1. The summed E-state index contributed by atoms with van der Waals surface area (Å²) in [5.41, 5.74) is 2.96. The highest BCUT2D eigenvalue weighted by atomic mass is 14.9. The van der Waals surface area contributed by atoms with E-state index in [1.807, 2.05) is 7.05 Å². The highest BCUT2D eigenvalue weighted by molar-refractivity contribution is 5.27. The van der Waals surface area contributed by atoms with Gasteiger partial charge in [-0.25, -0.2) is 0 Å². The summed E-state index contributed by atoms with van der Waals surface area (Å²) in [5.74, 6) is 0. The largest absolute Gasteiger partial charge is 0.319 e. The minimum Gasteiger partial charge on any atom is -0.319 e. The zero-order valence-electron chi connectivity index (χ0n) is 12.3. The van der Waals surface area contributed by atoms with Gasteiger partial charge < -0.3 is 10.6 Å². The summed E-state index contributed by atoms with van der Waals surface area (Å²) in [7, 11) is 2.02. The molecule has 1 fully saturated rings. The molecule has 0 heterocycles. The molecule has 0 atom stereocenters. The third kappa shape index (κ3) is 4.96. The second-order valence-corrected chi connectivity index (χ2v) is 5.69. The second-order valence-electron chi connectivity index (χ2n) is 5.69. The molecule has 0 radical (unpaired) electrons. The van der Waals surface area contributed by atoms with E-state index in [9.17, 15) is 0 Å². The fourth-order valence-electron chi connectivity index (χ4n) is 2.97. The second kappa shape index (κ2) is 8.34. The molecule has 2 N–H and O–H groups in total. The predicted molar refractivity (Wildman–Crippen MR) is 82.4 cm³/mol. The standard InChI is InChI=1S/C17H28N2/c1-18-13-12-15-8-6-7-9-16(15)14-19-17-10-4-2-3-5-11-17/h6-9,17-19H,2-5,10-14H2,1H3. The molecule has 2 nitrogen and oxygen atoms in total. The summed E-state index contributed by atoms with van der Waals surface area (Å²) in [6.07, 6.45) is 9.50. The number of likely N-dealkylation sites (N-methyl/N-ethyl adjacent to an activating group) is 1. The van der Waals surface area contributed by atoms with Crippen molar-refractivity contribution in [1.82, 2.24) is 10.6 Å². The summed E-state index contributed by atoms with van der Waals surface area (Å²) in [6.45, 7) is 2.09. The van der Waals surface area contributed by atoms with Gasteiger partial charge in [-0.05, 0) is 44.0 Å². The molecular formula is C17H28N2. The summed E-state index contributed by atoms with van der Waals surface area (Å²) in [6, 6.07) is 9.59. The molecule has 0 aliphatic heterocycles. The van der Waals surface area contributed by atoms with Crippen molar-refractivity contribution >= 4 is 0 Å². The first-order valence-corrected chi connectivity index (χ1v) is 7.85. The quantitative estimate of drug-likeness (QED) is 0.767. The Kier molecular flexibility index (Phi) is 6.38. The first-order valence-electron chi connectivity index (χ1n) is 7.85. The molecule has 19 heavy (non-hydrogen) atoms. The number of benzene rings is 1. The van der Waals surface area contributed by atoms with Gasteiger partial charge in [-0.2, -0.15) is 0 Å². The van der Waals surface area contributed by atoms with E-state index in [0.29, 0.717) is 0 Å². The van der Waals surface area contributed by atoms with Crippen LogP contribution in [-0.4, -0.2) is 19.6 Å². The average molecular weight is 260 g/mol. The Morgan fingerprint density at radius 1 is 1.00 bits per heavy atom. The van der Waals surface area contributed by atoms with Crippen LogP contribution in [-0.2, 0) is 13.0 Å². The van der Waals surface area contributed by atoms with Crippen LogP contribution in [0.25, 0.3) is 0 Å². The van der Waals surface area contributed by atoms with Gasteiger partial charge in [0.15, 0.2) is 0 Å². The Morgan fingerprint density at radius 2 is 1.68 bits per heavy atom. The van der Waals surface area contributed by atoms with Crippen LogP contribution in [0.4, 0.5) is 0 Å². The maximum atomic E-state index is 3.77. The van der Waals surface area contributed by atoms with Crippen molar-refractivity contribution in [3.05, 3.63) is 35.4 Å². The van der Waals surface area contributed by atoms with E-state index in [1.165, 1.54) is 49.7 Å². The van der Waals surface area contributed by atoms with Crippen molar-refractivity contribution in [2.45, 2.75) is 57.5 Å². The van der Waals surface area contributed by atoms with E-state index in [2.05, 4.69) is 34.9 Å². The van der Waals surface area contributed by atoms with Gasteiger partial charge in [-0.3, -0.25) is 0 Å². The van der Waals surface area contributed by atoms with Gasteiger partial charge in [0.1, 0.15) is 0 Å². The Bertz CT molecular complexity index is 354. The van der Waals surface area contributed by atoms with Crippen LogP contribution in [0.5, 0.6) is 0 Å². The Hall–Kier alpha value is -0.860. The van der Waals surface area contributed by atoms with Crippen LogP contribution in [0.1, 0.15) is 49.7 Å². The molecule has 2 heteroatoms. The molecule has 0 spiro atoms. The lowest BCUT2D eigenvalue weighted by molar-refractivity contribution is 0.458. The van der Waals surface area contributed by atoms with Gasteiger partial charge in [0.05, 0.1) is 0 Å². The maximum absolute atomic E-state index is 3.77. The fraction of sp³-hybridized carbons (Fsp3) is 0.647. The van der Waals surface area contributed by atoms with Crippen molar-refractivity contribution in [3.8, 4) is 0 Å². The Balaban J connectivity index is 1.87. The third-order valence-electron chi connectivity index (χ3n) is 4.20. The monoisotopic (exact) mass is 260 g/mol. The minimum atomic E-state index is 0.736. The van der Waals surface area contributed by atoms with E-state index >= 15 is 0 Å².